The molecule has 0 saturated carbocycles. The molecule has 1 saturated heterocycles. The molecule has 20 heavy (non-hydrogen) atoms. The van der Waals surface area contributed by atoms with Crippen molar-refractivity contribution in [3.8, 4) is 0 Å². The minimum atomic E-state index is -0.383. The molecule has 1 rings (SSSR count). The van der Waals surface area contributed by atoms with Crippen LogP contribution in [0.3, 0.4) is 0 Å². The van der Waals surface area contributed by atoms with Gasteiger partial charge >= 0.3 is 6.09 Å². The molecule has 0 aromatic carbocycles. The number of rotatable bonds is 3. The molecule has 3 nitrogen and oxygen atoms in total. The monoisotopic (exact) mass is 285 g/mol. The highest BCUT2D eigenvalue weighted by atomic mass is 16.6. The van der Waals surface area contributed by atoms with Crippen LogP contribution in [0.25, 0.3) is 0 Å². The van der Waals surface area contributed by atoms with Crippen LogP contribution in [0.1, 0.15) is 74.1 Å². The molecule has 0 N–H and O–H groups in total. The fourth-order valence-corrected chi connectivity index (χ4v) is 2.30. The Kier molecular flexibility index (Phi) is 8.91. The summed E-state index contributed by atoms with van der Waals surface area (Å²) in [5, 5.41) is 0. The van der Waals surface area contributed by atoms with E-state index in [9.17, 15) is 4.79 Å². The molecule has 0 aromatic heterocycles. The van der Waals surface area contributed by atoms with Crippen molar-refractivity contribution in [1.82, 2.24) is 4.90 Å². The summed E-state index contributed by atoms with van der Waals surface area (Å²) in [4.78, 5) is 13.7. The average molecular weight is 285 g/mol. The van der Waals surface area contributed by atoms with E-state index in [1.165, 1.54) is 12.8 Å². The maximum atomic E-state index is 11.9. The summed E-state index contributed by atoms with van der Waals surface area (Å²) in [6.45, 7) is 16.0. The van der Waals surface area contributed by atoms with Gasteiger partial charge in [0, 0.05) is 13.1 Å². The first kappa shape index (κ1) is 19.3. The van der Waals surface area contributed by atoms with E-state index in [2.05, 4.69) is 13.8 Å². The minimum absolute atomic E-state index is 0.148. The Bertz CT molecular complexity index is 261. The zero-order chi connectivity index (χ0) is 15.8. The number of carbonyl (C=O) groups is 1. The van der Waals surface area contributed by atoms with Crippen molar-refractivity contribution in [3.05, 3.63) is 0 Å². The second kappa shape index (κ2) is 9.25. The number of amides is 1. The number of piperidine rings is 1. The van der Waals surface area contributed by atoms with E-state index in [1.54, 1.807) is 0 Å². The van der Waals surface area contributed by atoms with Crippen LogP contribution in [0.15, 0.2) is 0 Å². The molecular formula is C17H35NO2. The number of hydrogen-bond donors (Lipinski definition) is 0. The topological polar surface area (TPSA) is 29.5 Å². The number of likely N-dealkylation sites (tertiary alicyclic amines) is 1. The van der Waals surface area contributed by atoms with Gasteiger partial charge in [-0.2, -0.15) is 0 Å². The Balaban J connectivity index is 0.00000172. The van der Waals surface area contributed by atoms with Gasteiger partial charge < -0.3 is 9.64 Å². The highest BCUT2D eigenvalue weighted by molar-refractivity contribution is 5.68. The van der Waals surface area contributed by atoms with Gasteiger partial charge in [-0.3, -0.25) is 0 Å². The van der Waals surface area contributed by atoms with Crippen molar-refractivity contribution in [1.29, 1.82) is 0 Å². The van der Waals surface area contributed by atoms with Crippen molar-refractivity contribution in [2.45, 2.75) is 79.8 Å². The molecule has 0 aliphatic carbocycles. The lowest BCUT2D eigenvalue weighted by Crippen LogP contribution is -2.41. The lowest BCUT2D eigenvalue weighted by atomic mass is 9.90. The summed E-state index contributed by atoms with van der Waals surface area (Å²) >= 11 is 0. The predicted octanol–water partition coefficient (Wildman–Crippen LogP) is 5.10. The lowest BCUT2D eigenvalue weighted by Gasteiger charge is -2.33. The van der Waals surface area contributed by atoms with E-state index in [1.807, 2.05) is 39.5 Å². The Morgan fingerprint density at radius 1 is 1.20 bits per heavy atom. The predicted molar refractivity (Wildman–Crippen MR) is 86.0 cm³/mol. The minimum Gasteiger partial charge on any atom is -0.444 e. The highest BCUT2D eigenvalue weighted by Crippen LogP contribution is 2.24. The molecular weight excluding hydrogens is 250 g/mol. The van der Waals surface area contributed by atoms with Crippen LogP contribution < -0.4 is 0 Å². The number of nitrogens with zero attached hydrogens (tertiary/aromatic N) is 1. The summed E-state index contributed by atoms with van der Waals surface area (Å²) < 4.78 is 5.40. The summed E-state index contributed by atoms with van der Waals surface area (Å²) in [5.74, 6) is 1.58. The molecule has 0 atom stereocenters. The van der Waals surface area contributed by atoms with Gasteiger partial charge in [-0.1, -0.05) is 40.5 Å². The first-order valence-corrected chi connectivity index (χ1v) is 8.26. The van der Waals surface area contributed by atoms with Gasteiger partial charge in [0.25, 0.3) is 0 Å². The number of ether oxygens (including phenoxy) is 1. The van der Waals surface area contributed by atoms with Crippen molar-refractivity contribution in [3.63, 3.8) is 0 Å². The van der Waals surface area contributed by atoms with Crippen molar-refractivity contribution < 1.29 is 9.53 Å². The molecule has 0 aromatic rings. The maximum Gasteiger partial charge on any atom is 0.410 e. The second-order valence-corrected chi connectivity index (χ2v) is 6.88. The molecule has 1 amide bonds. The maximum absolute atomic E-state index is 11.9. The van der Waals surface area contributed by atoms with Gasteiger partial charge in [-0.25, -0.2) is 4.79 Å². The van der Waals surface area contributed by atoms with Crippen LogP contribution in [0.2, 0.25) is 0 Å². The standard InChI is InChI=1S/C15H29NO2.C2H6/c1-12(2)6-7-13-8-10-16(11-9-13)14(17)18-15(3,4)5;1-2/h12-13H,6-11H2,1-5H3;1-2H3. The lowest BCUT2D eigenvalue weighted by molar-refractivity contribution is 0.0179. The van der Waals surface area contributed by atoms with E-state index >= 15 is 0 Å². The van der Waals surface area contributed by atoms with E-state index in [0.29, 0.717) is 0 Å². The van der Waals surface area contributed by atoms with Gasteiger partial charge in [-0.05, 0) is 45.4 Å². The van der Waals surface area contributed by atoms with Crippen LogP contribution >= 0.6 is 0 Å². The van der Waals surface area contributed by atoms with Crippen LogP contribution in [0.4, 0.5) is 4.79 Å². The molecule has 0 unspecified atom stereocenters. The molecule has 1 aliphatic heterocycles. The van der Waals surface area contributed by atoms with Crippen molar-refractivity contribution in [2.24, 2.45) is 11.8 Å². The van der Waals surface area contributed by atoms with Gasteiger partial charge in [0.05, 0.1) is 0 Å². The zero-order valence-corrected chi connectivity index (χ0v) is 14.7. The summed E-state index contributed by atoms with van der Waals surface area (Å²) in [6, 6.07) is 0. The van der Waals surface area contributed by atoms with Gasteiger partial charge in [0.2, 0.25) is 0 Å². The van der Waals surface area contributed by atoms with Gasteiger partial charge in [0.1, 0.15) is 5.60 Å². The van der Waals surface area contributed by atoms with Gasteiger partial charge in [0.15, 0.2) is 0 Å². The third kappa shape index (κ3) is 8.44. The number of carbonyl (C=O) groups excluding carboxylic acids is 1. The third-order valence-electron chi connectivity index (χ3n) is 3.42. The second-order valence-electron chi connectivity index (χ2n) is 6.88. The summed E-state index contributed by atoms with van der Waals surface area (Å²) in [5.41, 5.74) is -0.383. The summed E-state index contributed by atoms with van der Waals surface area (Å²) in [7, 11) is 0. The molecule has 3 heteroatoms. The molecule has 1 fully saturated rings. The normalized spacial score (nSPS) is 16.7. The molecule has 120 valence electrons. The molecule has 1 heterocycles. The quantitative estimate of drug-likeness (QED) is 0.722. The number of hydrogen-bond acceptors (Lipinski definition) is 2. The Morgan fingerprint density at radius 2 is 1.70 bits per heavy atom. The Morgan fingerprint density at radius 3 is 2.10 bits per heavy atom. The third-order valence-corrected chi connectivity index (χ3v) is 3.42. The van der Waals surface area contributed by atoms with E-state index in [0.717, 1.165) is 37.8 Å². The Labute approximate surface area is 126 Å². The van der Waals surface area contributed by atoms with E-state index < -0.39 is 0 Å². The van der Waals surface area contributed by atoms with Crippen molar-refractivity contribution in [2.75, 3.05) is 13.1 Å². The molecule has 0 spiro atoms. The van der Waals surface area contributed by atoms with Crippen LogP contribution in [-0.4, -0.2) is 29.7 Å². The fourth-order valence-electron chi connectivity index (χ4n) is 2.30. The first-order chi connectivity index (χ1) is 9.28. The molecule has 1 aliphatic rings. The Hall–Kier alpha value is -0.730. The summed E-state index contributed by atoms with van der Waals surface area (Å²) in [6.07, 6.45) is 4.72. The fraction of sp³-hybridized carbons (Fsp3) is 0.941. The average Bonchev–Trinajstić information content (AvgIpc) is 2.37. The SMILES string of the molecule is CC.CC(C)CCC1CCN(C(=O)OC(C)(C)C)CC1. The zero-order valence-electron chi connectivity index (χ0n) is 14.7. The smallest absolute Gasteiger partial charge is 0.410 e. The highest BCUT2D eigenvalue weighted by Gasteiger charge is 2.26. The van der Waals surface area contributed by atoms with Crippen LogP contribution in [0, 0.1) is 11.8 Å². The van der Waals surface area contributed by atoms with Crippen LogP contribution in [0.5, 0.6) is 0 Å². The van der Waals surface area contributed by atoms with Crippen LogP contribution in [-0.2, 0) is 4.74 Å². The molecule has 0 bridgehead atoms. The largest absolute Gasteiger partial charge is 0.444 e. The van der Waals surface area contributed by atoms with Crippen molar-refractivity contribution >= 4 is 6.09 Å². The van der Waals surface area contributed by atoms with Gasteiger partial charge in [-0.15, -0.1) is 0 Å². The molecule has 0 radical (unpaired) electrons. The first-order valence-electron chi connectivity index (χ1n) is 8.26. The van der Waals surface area contributed by atoms with E-state index in [4.69, 9.17) is 4.74 Å². The van der Waals surface area contributed by atoms with E-state index in [-0.39, 0.29) is 11.7 Å².